The van der Waals surface area contributed by atoms with Gasteiger partial charge in [0.2, 0.25) is 0 Å². The van der Waals surface area contributed by atoms with Crippen LogP contribution in [0.3, 0.4) is 0 Å². The molecule has 3 rings (SSSR count). The lowest BCUT2D eigenvalue weighted by atomic mass is 9.85. The van der Waals surface area contributed by atoms with Crippen LogP contribution in [-0.2, 0) is 22.3 Å². The fourth-order valence-corrected chi connectivity index (χ4v) is 4.42. The molecule has 0 aromatic heterocycles. The molecule has 1 saturated carbocycles. The van der Waals surface area contributed by atoms with Crippen LogP contribution < -0.4 is 5.73 Å². The van der Waals surface area contributed by atoms with Gasteiger partial charge in [-0.3, -0.25) is 0 Å². The van der Waals surface area contributed by atoms with Gasteiger partial charge in [0.1, 0.15) is 0 Å². The number of fused-ring (bicyclic) bond motifs is 1. The molecule has 0 unspecified atom stereocenters. The number of aliphatic hydroxyl groups excluding tert-OH is 1. The normalized spacial score (nSPS) is 27.9. The Labute approximate surface area is 164 Å². The number of ether oxygens (including phenoxy) is 2. The second-order valence-corrected chi connectivity index (χ2v) is 9.02. The fourth-order valence-electron chi connectivity index (χ4n) is 4.42. The Balaban J connectivity index is 1.45. The van der Waals surface area contributed by atoms with E-state index >= 15 is 0 Å². The molecule has 1 fully saturated rings. The predicted octanol–water partition coefficient (Wildman–Crippen LogP) is 3.58. The Morgan fingerprint density at radius 2 is 2.04 bits per heavy atom. The maximum Gasteiger partial charge on any atom is 0.0704 e. The first-order valence-corrected chi connectivity index (χ1v) is 10.7. The van der Waals surface area contributed by atoms with Crippen LogP contribution in [0.25, 0.3) is 0 Å². The van der Waals surface area contributed by atoms with Crippen molar-refractivity contribution < 1.29 is 14.6 Å². The first-order chi connectivity index (χ1) is 13.0. The number of nitrogens with two attached hydrogens (primary N) is 1. The van der Waals surface area contributed by atoms with Crippen LogP contribution >= 0.6 is 0 Å². The van der Waals surface area contributed by atoms with Crippen molar-refractivity contribution in [3.8, 4) is 0 Å². The van der Waals surface area contributed by atoms with Crippen molar-refractivity contribution in [3.05, 3.63) is 34.9 Å². The molecule has 27 heavy (non-hydrogen) atoms. The minimum Gasteiger partial charge on any atom is -0.394 e. The minimum absolute atomic E-state index is 0.0919. The highest BCUT2D eigenvalue weighted by atomic mass is 16.5. The Morgan fingerprint density at radius 1 is 1.19 bits per heavy atom. The largest absolute Gasteiger partial charge is 0.394 e. The van der Waals surface area contributed by atoms with Crippen LogP contribution in [0, 0.1) is 5.92 Å². The van der Waals surface area contributed by atoms with Gasteiger partial charge in [0.15, 0.2) is 0 Å². The van der Waals surface area contributed by atoms with Crippen molar-refractivity contribution in [2.75, 3.05) is 26.4 Å². The molecular formula is C23H37NO3. The van der Waals surface area contributed by atoms with Crippen LogP contribution in [0.4, 0.5) is 0 Å². The number of benzene rings is 1. The average molecular weight is 376 g/mol. The molecule has 152 valence electrons. The van der Waals surface area contributed by atoms with E-state index in [-0.39, 0.29) is 12.1 Å². The smallest absolute Gasteiger partial charge is 0.0704 e. The standard InChI is InChI=1S/C23H37NO3/c1-17(2)8-10-26-11-12-27-22-6-5-18-13-19(3-4-20(18)14-22)21-7-9-23(24,15-21)16-25/h3-4,13,17,21-22,25H,5-12,14-16,24H2,1-2H3/t21-,22-,23+/m0/s1. The van der Waals surface area contributed by atoms with Crippen molar-refractivity contribution in [2.45, 2.75) is 76.4 Å². The van der Waals surface area contributed by atoms with Gasteiger partial charge in [-0.05, 0) is 73.5 Å². The zero-order chi connectivity index (χ0) is 19.3. The highest BCUT2D eigenvalue weighted by Crippen LogP contribution is 2.40. The van der Waals surface area contributed by atoms with Gasteiger partial charge in [-0.2, -0.15) is 0 Å². The fraction of sp³-hybridized carbons (Fsp3) is 0.739. The summed E-state index contributed by atoms with van der Waals surface area (Å²) in [6.45, 7) is 6.75. The number of rotatable bonds is 9. The summed E-state index contributed by atoms with van der Waals surface area (Å²) in [4.78, 5) is 0. The molecule has 3 N–H and O–H groups in total. The molecule has 2 aliphatic carbocycles. The number of aliphatic hydroxyl groups is 1. The van der Waals surface area contributed by atoms with E-state index in [0.717, 1.165) is 51.6 Å². The van der Waals surface area contributed by atoms with Gasteiger partial charge < -0.3 is 20.3 Å². The number of hydrogen-bond donors (Lipinski definition) is 2. The third-order valence-corrected chi connectivity index (χ3v) is 6.26. The summed E-state index contributed by atoms with van der Waals surface area (Å²) < 4.78 is 11.7. The molecule has 4 heteroatoms. The molecule has 0 bridgehead atoms. The SMILES string of the molecule is CC(C)CCOCCO[C@H]1CCc2cc([C@H]3CC[C@](N)(CO)C3)ccc2C1. The van der Waals surface area contributed by atoms with Gasteiger partial charge in [-0.15, -0.1) is 0 Å². The van der Waals surface area contributed by atoms with Crippen molar-refractivity contribution in [2.24, 2.45) is 11.7 Å². The number of aryl methyl sites for hydroxylation is 1. The van der Waals surface area contributed by atoms with Crippen LogP contribution in [0.5, 0.6) is 0 Å². The lowest BCUT2D eigenvalue weighted by molar-refractivity contribution is -0.00218. The van der Waals surface area contributed by atoms with E-state index in [0.29, 0.717) is 31.2 Å². The summed E-state index contributed by atoms with van der Waals surface area (Å²) in [6.07, 6.45) is 7.50. The molecule has 0 radical (unpaired) electrons. The van der Waals surface area contributed by atoms with Crippen LogP contribution in [-0.4, -0.2) is 43.2 Å². The summed E-state index contributed by atoms with van der Waals surface area (Å²) in [5, 5.41) is 9.51. The van der Waals surface area contributed by atoms with Gasteiger partial charge in [0.05, 0.1) is 25.9 Å². The Morgan fingerprint density at radius 3 is 2.78 bits per heavy atom. The summed E-state index contributed by atoms with van der Waals surface area (Å²) >= 11 is 0. The molecule has 1 aromatic carbocycles. The second kappa shape index (κ2) is 9.51. The topological polar surface area (TPSA) is 64.7 Å². The van der Waals surface area contributed by atoms with Gasteiger partial charge in [0, 0.05) is 12.1 Å². The van der Waals surface area contributed by atoms with Crippen LogP contribution in [0.1, 0.15) is 68.6 Å². The monoisotopic (exact) mass is 375 g/mol. The molecule has 4 nitrogen and oxygen atoms in total. The van der Waals surface area contributed by atoms with E-state index in [2.05, 4.69) is 32.0 Å². The molecule has 0 spiro atoms. The Hall–Kier alpha value is -0.940. The van der Waals surface area contributed by atoms with Crippen LogP contribution in [0.2, 0.25) is 0 Å². The lowest BCUT2D eigenvalue weighted by Gasteiger charge is -2.26. The second-order valence-electron chi connectivity index (χ2n) is 9.02. The van der Waals surface area contributed by atoms with Gasteiger partial charge in [-0.1, -0.05) is 32.0 Å². The van der Waals surface area contributed by atoms with Crippen molar-refractivity contribution in [3.63, 3.8) is 0 Å². The van der Waals surface area contributed by atoms with Crippen LogP contribution in [0.15, 0.2) is 18.2 Å². The molecule has 1 aromatic rings. The summed E-state index contributed by atoms with van der Waals surface area (Å²) in [6, 6.07) is 6.94. The summed E-state index contributed by atoms with van der Waals surface area (Å²) in [7, 11) is 0. The highest BCUT2D eigenvalue weighted by molar-refractivity contribution is 5.36. The average Bonchev–Trinajstić information content (AvgIpc) is 3.07. The Kier molecular flexibility index (Phi) is 7.32. The van der Waals surface area contributed by atoms with E-state index in [9.17, 15) is 5.11 Å². The first kappa shape index (κ1) is 20.8. The zero-order valence-electron chi connectivity index (χ0n) is 17.1. The maximum absolute atomic E-state index is 9.51. The lowest BCUT2D eigenvalue weighted by Crippen LogP contribution is -2.40. The molecule has 3 atom stereocenters. The van der Waals surface area contributed by atoms with Crippen molar-refractivity contribution in [1.29, 1.82) is 0 Å². The maximum atomic E-state index is 9.51. The highest BCUT2D eigenvalue weighted by Gasteiger charge is 2.36. The Bertz CT molecular complexity index is 603. The quantitative estimate of drug-likeness (QED) is 0.648. The first-order valence-electron chi connectivity index (χ1n) is 10.7. The number of hydrogen-bond acceptors (Lipinski definition) is 4. The third-order valence-electron chi connectivity index (χ3n) is 6.26. The molecule has 0 saturated heterocycles. The summed E-state index contributed by atoms with van der Waals surface area (Å²) in [5.41, 5.74) is 10.2. The van der Waals surface area contributed by atoms with Crippen molar-refractivity contribution in [1.82, 2.24) is 0 Å². The molecule has 2 aliphatic rings. The predicted molar refractivity (Wildman–Crippen MR) is 109 cm³/mol. The minimum atomic E-state index is -0.378. The zero-order valence-corrected chi connectivity index (χ0v) is 17.1. The van der Waals surface area contributed by atoms with E-state index in [1.165, 1.54) is 16.7 Å². The van der Waals surface area contributed by atoms with E-state index < -0.39 is 0 Å². The van der Waals surface area contributed by atoms with E-state index in [4.69, 9.17) is 15.2 Å². The van der Waals surface area contributed by atoms with Crippen molar-refractivity contribution >= 4 is 0 Å². The summed E-state index contributed by atoms with van der Waals surface area (Å²) in [5.74, 6) is 1.18. The molecule has 0 amide bonds. The third kappa shape index (κ3) is 5.77. The molecular weight excluding hydrogens is 338 g/mol. The van der Waals surface area contributed by atoms with E-state index in [1.807, 2.05) is 0 Å². The molecule has 0 aliphatic heterocycles. The van der Waals surface area contributed by atoms with Gasteiger partial charge in [-0.25, -0.2) is 0 Å². The van der Waals surface area contributed by atoms with E-state index in [1.54, 1.807) is 0 Å². The van der Waals surface area contributed by atoms with Gasteiger partial charge >= 0.3 is 0 Å². The molecule has 0 heterocycles. The van der Waals surface area contributed by atoms with Gasteiger partial charge in [0.25, 0.3) is 0 Å².